The van der Waals surface area contributed by atoms with E-state index < -0.39 is 0 Å². The van der Waals surface area contributed by atoms with Gasteiger partial charge < -0.3 is 21.1 Å². The Kier molecular flexibility index (Phi) is 3.63. The van der Waals surface area contributed by atoms with Crippen LogP contribution in [0.1, 0.15) is 24.3 Å². The van der Waals surface area contributed by atoms with Crippen LogP contribution in [0.15, 0.2) is 12.3 Å². The van der Waals surface area contributed by atoms with Crippen molar-refractivity contribution >= 4 is 25.1 Å². The summed E-state index contributed by atoms with van der Waals surface area (Å²) in [5.41, 5.74) is 13.1. The first-order valence-corrected chi connectivity index (χ1v) is 5.87. The van der Waals surface area contributed by atoms with E-state index in [2.05, 4.69) is 9.79 Å². The average Bonchev–Trinajstić information content (AvgIpc) is 2.34. The van der Waals surface area contributed by atoms with E-state index in [1.807, 2.05) is 12.3 Å². The van der Waals surface area contributed by atoms with Crippen molar-refractivity contribution in [2.45, 2.75) is 18.8 Å². The van der Waals surface area contributed by atoms with E-state index in [-0.39, 0.29) is 0 Å². The summed E-state index contributed by atoms with van der Waals surface area (Å²) in [5, 5.41) is 0. The van der Waals surface area contributed by atoms with Crippen molar-refractivity contribution in [1.29, 1.82) is 0 Å². The van der Waals surface area contributed by atoms with Crippen LogP contribution in [-0.4, -0.2) is 36.5 Å². The molecule has 1 aliphatic rings. The molecular weight excluding hydrogens is 215 g/mol. The lowest BCUT2D eigenvalue weighted by molar-refractivity contribution is 0.331. The first-order chi connectivity index (χ1) is 8.20. The van der Waals surface area contributed by atoms with E-state index >= 15 is 0 Å². The Morgan fingerprint density at radius 1 is 1.41 bits per heavy atom. The Balaban J connectivity index is 2.00. The van der Waals surface area contributed by atoms with E-state index in [9.17, 15) is 4.79 Å². The molecule has 6 heteroatoms. The lowest BCUT2D eigenvalue weighted by atomic mass is 9.84. The number of piperidine rings is 1. The Morgan fingerprint density at radius 3 is 2.71 bits per heavy atom. The summed E-state index contributed by atoms with van der Waals surface area (Å²) in [6.45, 7) is 1.90. The third-order valence-electron chi connectivity index (χ3n) is 3.36. The number of pyridine rings is 1. The van der Waals surface area contributed by atoms with Gasteiger partial charge in [0.05, 0.1) is 11.9 Å². The van der Waals surface area contributed by atoms with Crippen LogP contribution in [0.4, 0.5) is 11.5 Å². The van der Waals surface area contributed by atoms with Crippen LogP contribution in [0.5, 0.6) is 0 Å². The van der Waals surface area contributed by atoms with Gasteiger partial charge in [0, 0.05) is 6.20 Å². The molecule has 0 unspecified atom stereocenters. The highest BCUT2D eigenvalue weighted by Gasteiger charge is 2.21. The van der Waals surface area contributed by atoms with E-state index in [1.54, 1.807) is 0 Å². The quantitative estimate of drug-likeness (QED) is 0.564. The maximum absolute atomic E-state index is 10.4. The van der Waals surface area contributed by atoms with Gasteiger partial charge in [-0.05, 0) is 43.5 Å². The van der Waals surface area contributed by atoms with E-state index in [4.69, 9.17) is 11.5 Å². The zero-order chi connectivity index (χ0) is 12.3. The zero-order valence-electron chi connectivity index (χ0n) is 9.80. The Bertz CT molecular complexity index is 404. The third kappa shape index (κ3) is 2.76. The number of carbonyl (C=O) groups excluding carboxylic acids is 1. The highest BCUT2D eigenvalue weighted by Crippen LogP contribution is 2.29. The summed E-state index contributed by atoms with van der Waals surface area (Å²) >= 11 is 0. The normalized spacial score (nSPS) is 17.9. The fourth-order valence-electron chi connectivity index (χ4n) is 2.29. The summed E-state index contributed by atoms with van der Waals surface area (Å²) in [6.07, 6.45) is 4.85. The van der Waals surface area contributed by atoms with Crippen molar-refractivity contribution in [1.82, 2.24) is 9.79 Å². The van der Waals surface area contributed by atoms with Gasteiger partial charge in [0.25, 0.3) is 7.41 Å². The predicted molar refractivity (Wildman–Crippen MR) is 70.5 cm³/mol. The van der Waals surface area contributed by atoms with Gasteiger partial charge in [-0.2, -0.15) is 0 Å². The van der Waals surface area contributed by atoms with E-state index in [1.165, 1.54) is 0 Å². The summed E-state index contributed by atoms with van der Waals surface area (Å²) in [5.74, 6) is 0.875. The smallest absolute Gasteiger partial charge is 0.281 e. The van der Waals surface area contributed by atoms with Crippen LogP contribution in [0.25, 0.3) is 0 Å². The molecule has 4 N–H and O–H groups in total. The molecule has 0 amide bonds. The lowest BCUT2D eigenvalue weighted by Crippen LogP contribution is -2.36. The van der Waals surface area contributed by atoms with Crippen LogP contribution in [0.2, 0.25) is 0 Å². The van der Waals surface area contributed by atoms with Crippen LogP contribution >= 0.6 is 0 Å². The minimum Gasteiger partial charge on any atom is -0.396 e. The maximum Gasteiger partial charge on any atom is 0.281 e. The fraction of sp³-hybridized carbons (Fsp3) is 0.455. The third-order valence-corrected chi connectivity index (χ3v) is 3.36. The van der Waals surface area contributed by atoms with Crippen LogP contribution in [0, 0.1) is 0 Å². The predicted octanol–water partition coefficient (Wildman–Crippen LogP) is -0.0329. The van der Waals surface area contributed by atoms with Crippen molar-refractivity contribution < 1.29 is 4.79 Å². The van der Waals surface area contributed by atoms with Gasteiger partial charge in [-0.15, -0.1) is 0 Å². The average molecular weight is 232 g/mol. The standard InChI is InChI=1S/C11H17BN4O/c13-10-5-9(6-15-11(10)14)8-1-3-16(4-2-8)12-7-17/h5-8,12H,1-4,13H2,(H2,14,15). The largest absolute Gasteiger partial charge is 0.396 e. The fourth-order valence-corrected chi connectivity index (χ4v) is 2.29. The Hall–Kier alpha value is -1.56. The molecule has 0 aromatic carbocycles. The molecular formula is C11H17BN4O. The van der Waals surface area contributed by atoms with Gasteiger partial charge in [0.2, 0.25) is 0 Å². The monoisotopic (exact) mass is 232 g/mol. The molecule has 1 aromatic rings. The molecule has 0 aliphatic carbocycles. The van der Waals surface area contributed by atoms with Crippen molar-refractivity contribution in [3.63, 3.8) is 0 Å². The highest BCUT2D eigenvalue weighted by molar-refractivity contribution is 6.64. The highest BCUT2D eigenvalue weighted by atomic mass is 16.1. The molecule has 0 atom stereocenters. The van der Waals surface area contributed by atoms with Gasteiger partial charge >= 0.3 is 0 Å². The lowest BCUT2D eigenvalue weighted by Gasteiger charge is -2.30. The molecule has 5 nitrogen and oxygen atoms in total. The summed E-state index contributed by atoms with van der Waals surface area (Å²) < 4.78 is 0. The number of hydrogen-bond donors (Lipinski definition) is 2. The second-order valence-corrected chi connectivity index (χ2v) is 4.48. The van der Waals surface area contributed by atoms with Crippen LogP contribution < -0.4 is 11.5 Å². The van der Waals surface area contributed by atoms with Crippen molar-refractivity contribution in [2.24, 2.45) is 0 Å². The van der Waals surface area contributed by atoms with Crippen molar-refractivity contribution in [2.75, 3.05) is 24.6 Å². The van der Waals surface area contributed by atoms with E-state index in [0.29, 0.717) is 24.8 Å². The number of nitrogens with zero attached hydrogens (tertiary/aromatic N) is 2. The number of anilines is 2. The minimum atomic E-state index is 0.396. The second kappa shape index (κ2) is 5.18. The summed E-state index contributed by atoms with van der Waals surface area (Å²) in [6, 6.07) is 1.92. The topological polar surface area (TPSA) is 85.2 Å². The molecule has 0 saturated carbocycles. The number of aromatic nitrogens is 1. The molecule has 2 rings (SSSR count). The van der Waals surface area contributed by atoms with Gasteiger partial charge in [-0.25, -0.2) is 4.98 Å². The zero-order valence-corrected chi connectivity index (χ0v) is 9.80. The first kappa shape index (κ1) is 11.9. The van der Waals surface area contributed by atoms with Gasteiger partial charge in [0.15, 0.2) is 0 Å². The Morgan fingerprint density at radius 2 is 2.12 bits per heavy atom. The van der Waals surface area contributed by atoms with E-state index in [0.717, 1.165) is 37.7 Å². The number of nitrogens with two attached hydrogens (primary N) is 2. The molecule has 0 spiro atoms. The molecule has 2 heterocycles. The summed E-state index contributed by atoms with van der Waals surface area (Å²) in [7, 11) is 0.537. The van der Waals surface area contributed by atoms with Gasteiger partial charge in [-0.3, -0.25) is 0 Å². The Labute approximate surface area is 101 Å². The number of carbonyl (C=O) groups is 1. The molecule has 0 bridgehead atoms. The van der Waals surface area contributed by atoms with Crippen molar-refractivity contribution in [3.05, 3.63) is 17.8 Å². The second-order valence-electron chi connectivity index (χ2n) is 4.48. The molecule has 17 heavy (non-hydrogen) atoms. The van der Waals surface area contributed by atoms with Crippen LogP contribution in [-0.2, 0) is 4.79 Å². The maximum atomic E-state index is 10.4. The van der Waals surface area contributed by atoms with Gasteiger partial charge in [-0.1, -0.05) is 0 Å². The molecule has 1 saturated heterocycles. The number of nitrogen functional groups attached to an aromatic ring is 2. The first-order valence-electron chi connectivity index (χ1n) is 5.87. The molecule has 0 radical (unpaired) electrons. The van der Waals surface area contributed by atoms with Crippen LogP contribution in [0.3, 0.4) is 0 Å². The van der Waals surface area contributed by atoms with Crippen molar-refractivity contribution in [3.8, 4) is 0 Å². The molecule has 90 valence electrons. The number of rotatable bonds is 3. The molecule has 1 aromatic heterocycles. The van der Waals surface area contributed by atoms with Gasteiger partial charge in [0.1, 0.15) is 5.82 Å². The minimum absolute atomic E-state index is 0.396. The number of hydrogen-bond acceptors (Lipinski definition) is 5. The molecule has 1 aliphatic heterocycles. The molecule has 1 fully saturated rings. The SMILES string of the molecule is Nc1cc(C2CCN(BC=O)CC2)cnc1N. The summed E-state index contributed by atoms with van der Waals surface area (Å²) in [4.78, 5) is 16.7.